The van der Waals surface area contributed by atoms with E-state index in [-0.39, 0.29) is 0 Å². The molecule has 1 aromatic heterocycles. The van der Waals surface area contributed by atoms with Crippen LogP contribution in [-0.4, -0.2) is 28.6 Å². The van der Waals surface area contributed by atoms with E-state index in [1.807, 2.05) is 18.2 Å². The Kier molecular flexibility index (Phi) is 5.22. The number of thiophene rings is 1. The summed E-state index contributed by atoms with van der Waals surface area (Å²) in [6, 6.07) is 11.8. The first-order valence-electron chi connectivity index (χ1n) is 8.27. The monoisotopic (exact) mass is 373 g/mol. The molecule has 4 N–H and O–H groups in total. The second-order valence-corrected chi connectivity index (χ2v) is 7.24. The van der Waals surface area contributed by atoms with Gasteiger partial charge >= 0.3 is 12.0 Å². The number of carboxylic acids is 1. The van der Waals surface area contributed by atoms with E-state index in [2.05, 4.69) is 16.0 Å². The van der Waals surface area contributed by atoms with Crippen molar-refractivity contribution in [3.8, 4) is 0 Å². The first-order valence-corrected chi connectivity index (χ1v) is 9.09. The molecule has 1 heterocycles. The minimum atomic E-state index is -1.18. The van der Waals surface area contributed by atoms with Gasteiger partial charge in [0.1, 0.15) is 5.54 Å². The van der Waals surface area contributed by atoms with Crippen LogP contribution < -0.4 is 16.0 Å². The number of amides is 3. The summed E-state index contributed by atoms with van der Waals surface area (Å²) in [7, 11) is 0. The fraction of sp³-hybridized carbons (Fsp3) is 0.278. The number of carbonyl (C=O) groups is 3. The normalized spacial score (nSPS) is 15.2. The van der Waals surface area contributed by atoms with Gasteiger partial charge in [-0.15, -0.1) is 11.3 Å². The van der Waals surface area contributed by atoms with Crippen LogP contribution in [0.1, 0.15) is 35.4 Å². The first kappa shape index (κ1) is 17.9. The Bertz CT molecular complexity index is 813. The number of urea groups is 1. The fourth-order valence-electron chi connectivity index (χ4n) is 2.97. The highest BCUT2D eigenvalue weighted by Gasteiger charge is 2.42. The van der Waals surface area contributed by atoms with Gasteiger partial charge in [0, 0.05) is 5.69 Å². The topological polar surface area (TPSA) is 108 Å². The largest absolute Gasteiger partial charge is 0.480 e. The highest BCUT2D eigenvalue weighted by Crippen LogP contribution is 2.31. The zero-order chi connectivity index (χ0) is 18.6. The molecule has 3 amide bonds. The molecule has 1 aliphatic carbocycles. The van der Waals surface area contributed by atoms with Gasteiger partial charge in [0.2, 0.25) is 0 Å². The van der Waals surface area contributed by atoms with Crippen molar-refractivity contribution >= 4 is 39.9 Å². The van der Waals surface area contributed by atoms with Crippen molar-refractivity contribution in [3.05, 3.63) is 47.3 Å². The number of nitrogens with one attached hydrogen (secondary N) is 3. The fourth-order valence-corrected chi connectivity index (χ4v) is 3.77. The lowest BCUT2D eigenvalue weighted by molar-refractivity contribution is -0.144. The summed E-state index contributed by atoms with van der Waals surface area (Å²) in [5.41, 5.74) is -0.525. The molecule has 7 nitrogen and oxygen atoms in total. The lowest BCUT2D eigenvalue weighted by atomic mass is 9.98. The molecule has 0 spiro atoms. The number of carbonyl (C=O) groups excluding carboxylic acids is 2. The summed E-state index contributed by atoms with van der Waals surface area (Å²) in [5, 5.41) is 18.0. The number of hydrogen-bond acceptors (Lipinski definition) is 4. The molecule has 8 heteroatoms. The lowest BCUT2D eigenvalue weighted by Crippen LogP contribution is -2.52. The SMILES string of the molecule is O=C(Nc1ccccc1)Nc1ccc(C(=O)NC2(C(=O)O)CCCC2)s1. The van der Waals surface area contributed by atoms with Crippen molar-refractivity contribution < 1.29 is 19.5 Å². The van der Waals surface area contributed by atoms with Crippen LogP contribution in [0.15, 0.2) is 42.5 Å². The summed E-state index contributed by atoms with van der Waals surface area (Å²) in [4.78, 5) is 36.3. The van der Waals surface area contributed by atoms with E-state index >= 15 is 0 Å². The van der Waals surface area contributed by atoms with E-state index in [1.54, 1.807) is 24.3 Å². The van der Waals surface area contributed by atoms with Crippen molar-refractivity contribution in [3.63, 3.8) is 0 Å². The molecule has 0 bridgehead atoms. The molecule has 1 aromatic carbocycles. The van der Waals surface area contributed by atoms with Crippen LogP contribution in [0, 0.1) is 0 Å². The van der Waals surface area contributed by atoms with Crippen molar-refractivity contribution in [2.75, 3.05) is 10.6 Å². The van der Waals surface area contributed by atoms with Crippen molar-refractivity contribution in [1.82, 2.24) is 5.32 Å². The van der Waals surface area contributed by atoms with Crippen molar-refractivity contribution in [1.29, 1.82) is 0 Å². The van der Waals surface area contributed by atoms with Gasteiger partial charge in [-0.05, 0) is 37.1 Å². The smallest absolute Gasteiger partial charge is 0.329 e. The third kappa shape index (κ3) is 4.02. The van der Waals surface area contributed by atoms with Crippen LogP contribution in [0.2, 0.25) is 0 Å². The van der Waals surface area contributed by atoms with Gasteiger partial charge in [-0.2, -0.15) is 0 Å². The average Bonchev–Trinajstić information content (AvgIpc) is 3.26. The van der Waals surface area contributed by atoms with Crippen LogP contribution in [0.25, 0.3) is 0 Å². The highest BCUT2D eigenvalue weighted by molar-refractivity contribution is 7.18. The maximum absolute atomic E-state index is 12.4. The molecule has 136 valence electrons. The molecule has 0 unspecified atom stereocenters. The van der Waals surface area contributed by atoms with Crippen LogP contribution in [0.3, 0.4) is 0 Å². The number of benzene rings is 1. The number of carboxylic acid groups (broad SMARTS) is 1. The van der Waals surface area contributed by atoms with Crippen LogP contribution >= 0.6 is 11.3 Å². The maximum Gasteiger partial charge on any atom is 0.329 e. The summed E-state index contributed by atoms with van der Waals surface area (Å²) in [5.74, 6) is -1.43. The van der Waals surface area contributed by atoms with Gasteiger partial charge in [-0.1, -0.05) is 31.0 Å². The van der Waals surface area contributed by atoms with E-state index in [0.29, 0.717) is 28.4 Å². The number of anilines is 2. The van der Waals surface area contributed by atoms with Crippen LogP contribution in [0.5, 0.6) is 0 Å². The molecule has 0 saturated heterocycles. The first-order chi connectivity index (χ1) is 12.5. The molecule has 0 radical (unpaired) electrons. The molecule has 1 saturated carbocycles. The Morgan fingerprint density at radius 3 is 2.31 bits per heavy atom. The number of hydrogen-bond donors (Lipinski definition) is 4. The third-order valence-electron chi connectivity index (χ3n) is 4.32. The molecular formula is C18H19N3O4S. The summed E-state index contributed by atoms with van der Waals surface area (Å²) in [6.07, 6.45) is 2.43. The number of para-hydroxylation sites is 1. The highest BCUT2D eigenvalue weighted by atomic mass is 32.1. The molecule has 3 rings (SSSR count). The number of aliphatic carboxylic acids is 1. The Morgan fingerprint density at radius 1 is 0.962 bits per heavy atom. The number of rotatable bonds is 5. The Labute approximate surface area is 154 Å². The van der Waals surface area contributed by atoms with Gasteiger partial charge in [0.25, 0.3) is 5.91 Å². The Balaban J connectivity index is 1.61. The molecule has 2 aromatic rings. The van der Waals surface area contributed by atoms with Crippen LogP contribution in [0.4, 0.5) is 15.5 Å². The summed E-state index contributed by atoms with van der Waals surface area (Å²) >= 11 is 1.10. The quantitative estimate of drug-likeness (QED) is 0.643. The minimum absolute atomic E-state index is 0.354. The molecule has 26 heavy (non-hydrogen) atoms. The van der Waals surface area contributed by atoms with Crippen molar-refractivity contribution in [2.24, 2.45) is 0 Å². The Morgan fingerprint density at radius 2 is 1.65 bits per heavy atom. The van der Waals surface area contributed by atoms with E-state index in [1.165, 1.54) is 0 Å². The maximum atomic E-state index is 12.4. The molecule has 0 atom stereocenters. The van der Waals surface area contributed by atoms with Crippen LogP contribution in [-0.2, 0) is 4.79 Å². The predicted molar refractivity (Wildman–Crippen MR) is 99.7 cm³/mol. The van der Waals surface area contributed by atoms with Gasteiger partial charge in [-0.25, -0.2) is 9.59 Å². The van der Waals surface area contributed by atoms with E-state index in [9.17, 15) is 19.5 Å². The second kappa shape index (κ2) is 7.57. The van der Waals surface area contributed by atoms with Gasteiger partial charge in [0.05, 0.1) is 9.88 Å². The lowest BCUT2D eigenvalue weighted by Gasteiger charge is -2.24. The summed E-state index contributed by atoms with van der Waals surface area (Å²) in [6.45, 7) is 0. The van der Waals surface area contributed by atoms with E-state index < -0.39 is 23.4 Å². The molecular weight excluding hydrogens is 354 g/mol. The molecule has 1 fully saturated rings. The Hall–Kier alpha value is -2.87. The van der Waals surface area contributed by atoms with E-state index in [0.717, 1.165) is 24.2 Å². The van der Waals surface area contributed by atoms with Gasteiger partial charge in [0.15, 0.2) is 0 Å². The standard InChI is InChI=1S/C18H19N3O4S/c22-15(21-18(16(23)24)10-4-5-11-18)13-8-9-14(26-13)20-17(25)19-12-6-2-1-3-7-12/h1-3,6-9H,4-5,10-11H2,(H,21,22)(H,23,24)(H2,19,20,25). The van der Waals surface area contributed by atoms with E-state index in [4.69, 9.17) is 0 Å². The van der Waals surface area contributed by atoms with Crippen molar-refractivity contribution in [2.45, 2.75) is 31.2 Å². The predicted octanol–water partition coefficient (Wildman–Crippen LogP) is 3.52. The zero-order valence-corrected chi connectivity index (χ0v) is 14.8. The minimum Gasteiger partial charge on any atom is -0.480 e. The molecule has 0 aliphatic heterocycles. The van der Waals surface area contributed by atoms with Gasteiger partial charge < -0.3 is 15.7 Å². The molecule has 1 aliphatic rings. The third-order valence-corrected chi connectivity index (χ3v) is 5.32. The summed E-state index contributed by atoms with van der Waals surface area (Å²) < 4.78 is 0. The zero-order valence-electron chi connectivity index (χ0n) is 14.0. The van der Waals surface area contributed by atoms with Gasteiger partial charge in [-0.3, -0.25) is 10.1 Å². The second-order valence-electron chi connectivity index (χ2n) is 6.16. The average molecular weight is 373 g/mol.